The summed E-state index contributed by atoms with van der Waals surface area (Å²) in [6.07, 6.45) is 3.72. The number of likely N-dealkylation sites (tertiary alicyclic amines) is 1. The Morgan fingerprint density at radius 2 is 2.00 bits per heavy atom. The number of hydrogen-bond donors (Lipinski definition) is 1. The molecular weight excluding hydrogens is 364 g/mol. The summed E-state index contributed by atoms with van der Waals surface area (Å²) in [5, 5.41) is 16.4. The summed E-state index contributed by atoms with van der Waals surface area (Å²) in [4.78, 5) is 14.6. The lowest BCUT2D eigenvalue weighted by Crippen LogP contribution is -2.21. The Bertz CT molecular complexity index is 1090. The van der Waals surface area contributed by atoms with Gasteiger partial charge >= 0.3 is 0 Å². The van der Waals surface area contributed by atoms with Crippen molar-refractivity contribution in [2.24, 2.45) is 11.8 Å². The summed E-state index contributed by atoms with van der Waals surface area (Å²) < 4.78 is 6.01. The molecule has 1 N–H and O–H groups in total. The lowest BCUT2D eigenvalue weighted by atomic mass is 9.97. The number of rotatable bonds is 6. The fourth-order valence-corrected chi connectivity index (χ4v) is 4.25. The molecule has 2 aromatic carbocycles. The van der Waals surface area contributed by atoms with E-state index in [4.69, 9.17) is 10.00 Å². The maximum atomic E-state index is 12.8. The Kier molecular flexibility index (Phi) is 4.28. The van der Waals surface area contributed by atoms with Crippen LogP contribution in [0.4, 0.5) is 0 Å². The molecule has 6 heteroatoms. The molecule has 0 radical (unpaired) electrons. The Hall–Kier alpha value is -3.59. The molecule has 2 fully saturated rings. The third kappa shape index (κ3) is 3.36. The highest BCUT2D eigenvalue weighted by Gasteiger charge is 2.53. The van der Waals surface area contributed by atoms with Gasteiger partial charge in [-0.3, -0.25) is 9.89 Å². The molecule has 1 saturated carbocycles. The van der Waals surface area contributed by atoms with Gasteiger partial charge in [0.25, 0.3) is 0 Å². The van der Waals surface area contributed by atoms with E-state index in [2.05, 4.69) is 16.4 Å². The third-order valence-corrected chi connectivity index (χ3v) is 5.83. The molecule has 3 aromatic rings. The Labute approximate surface area is 168 Å². The summed E-state index contributed by atoms with van der Waals surface area (Å²) in [6, 6.07) is 19.4. The average molecular weight is 384 g/mol. The minimum Gasteiger partial charge on any atom is -0.457 e. The van der Waals surface area contributed by atoms with E-state index >= 15 is 0 Å². The first-order chi connectivity index (χ1) is 14.2. The van der Waals surface area contributed by atoms with Gasteiger partial charge in [0.15, 0.2) is 12.0 Å². The minimum atomic E-state index is 0.0423. The van der Waals surface area contributed by atoms with Gasteiger partial charge in [-0.05, 0) is 48.6 Å². The van der Waals surface area contributed by atoms with Crippen molar-refractivity contribution in [1.82, 2.24) is 15.1 Å². The maximum Gasteiger partial charge on any atom is 0.180 e. The zero-order chi connectivity index (χ0) is 19.8. The summed E-state index contributed by atoms with van der Waals surface area (Å²) >= 11 is 0. The first-order valence-corrected chi connectivity index (χ1v) is 9.80. The van der Waals surface area contributed by atoms with E-state index in [1.54, 1.807) is 6.07 Å². The zero-order valence-electron chi connectivity index (χ0n) is 15.8. The Balaban J connectivity index is 1.33. The van der Waals surface area contributed by atoms with Gasteiger partial charge in [0.2, 0.25) is 0 Å². The van der Waals surface area contributed by atoms with Gasteiger partial charge in [-0.2, -0.15) is 10.4 Å². The number of aromatic nitrogens is 2. The molecule has 5 rings (SSSR count). The molecule has 2 aliphatic rings. The van der Waals surface area contributed by atoms with Crippen LogP contribution in [0.25, 0.3) is 11.3 Å². The second-order valence-electron chi connectivity index (χ2n) is 7.68. The van der Waals surface area contributed by atoms with Crippen LogP contribution in [0.5, 0.6) is 11.5 Å². The minimum absolute atomic E-state index is 0.0423. The predicted octanol–water partition coefficient (Wildman–Crippen LogP) is 4.24. The Morgan fingerprint density at radius 1 is 1.21 bits per heavy atom. The Morgan fingerprint density at radius 3 is 2.79 bits per heavy atom. The fraction of sp³-hybridized carbons (Fsp3) is 0.261. The standard InChI is InChI=1S/C23H20N4O2/c24-14-27-13-15(18-11-21(18)27)10-22(28)20-12-19(25-26-20)17-8-4-5-9-23(17)29-16-6-2-1-3-7-16/h1-9,12,15,18,21H,10-11,13H2,(H,25,26)/t15-,18+,21+/m0/s1. The van der Waals surface area contributed by atoms with Gasteiger partial charge in [0, 0.05) is 24.6 Å². The van der Waals surface area contributed by atoms with Crippen molar-refractivity contribution < 1.29 is 9.53 Å². The van der Waals surface area contributed by atoms with Gasteiger partial charge in [0.05, 0.1) is 5.69 Å². The molecule has 1 aromatic heterocycles. The lowest BCUT2D eigenvalue weighted by Gasteiger charge is -2.13. The number of piperidine rings is 1. The molecule has 144 valence electrons. The highest BCUT2D eigenvalue weighted by atomic mass is 16.5. The van der Waals surface area contributed by atoms with Gasteiger partial charge in [-0.15, -0.1) is 0 Å². The topological polar surface area (TPSA) is 82.0 Å². The molecule has 2 heterocycles. The van der Waals surface area contributed by atoms with Crippen molar-refractivity contribution in [2.45, 2.75) is 18.9 Å². The predicted molar refractivity (Wildman–Crippen MR) is 107 cm³/mol. The van der Waals surface area contributed by atoms with E-state index in [-0.39, 0.29) is 11.7 Å². The lowest BCUT2D eigenvalue weighted by molar-refractivity contribution is 0.0952. The number of hydrogen-bond acceptors (Lipinski definition) is 5. The number of nitriles is 1. The van der Waals surface area contributed by atoms with Gasteiger partial charge in [-0.1, -0.05) is 30.3 Å². The molecule has 0 spiro atoms. The van der Waals surface area contributed by atoms with Crippen LogP contribution in [-0.4, -0.2) is 33.5 Å². The average Bonchev–Trinajstić information content (AvgIpc) is 3.25. The van der Waals surface area contributed by atoms with Crippen LogP contribution < -0.4 is 4.74 Å². The highest BCUT2D eigenvalue weighted by molar-refractivity contribution is 5.95. The summed E-state index contributed by atoms with van der Waals surface area (Å²) in [5.74, 6) is 2.22. The molecule has 29 heavy (non-hydrogen) atoms. The number of ether oxygens (including phenoxy) is 1. The van der Waals surface area contributed by atoms with E-state index in [0.717, 1.165) is 17.7 Å². The van der Waals surface area contributed by atoms with Gasteiger partial charge in [-0.25, -0.2) is 0 Å². The van der Waals surface area contributed by atoms with Crippen molar-refractivity contribution in [1.29, 1.82) is 5.26 Å². The SMILES string of the molecule is N#CN1C[C@H](CC(=O)c2cc(-c3ccccc3Oc3ccccc3)n[nH]2)[C@H]2C[C@H]21. The van der Waals surface area contributed by atoms with Crippen molar-refractivity contribution >= 4 is 5.78 Å². The summed E-state index contributed by atoms with van der Waals surface area (Å²) in [5.41, 5.74) is 2.00. The normalized spacial score (nSPS) is 22.0. The molecule has 1 aliphatic heterocycles. The van der Waals surface area contributed by atoms with Crippen LogP contribution in [0.2, 0.25) is 0 Å². The smallest absolute Gasteiger partial charge is 0.180 e. The first-order valence-electron chi connectivity index (χ1n) is 9.80. The highest BCUT2D eigenvalue weighted by Crippen LogP contribution is 2.49. The second-order valence-corrected chi connectivity index (χ2v) is 7.68. The number of para-hydroxylation sites is 2. The van der Waals surface area contributed by atoms with Crippen molar-refractivity contribution in [2.75, 3.05) is 6.54 Å². The molecule has 6 nitrogen and oxygen atoms in total. The van der Waals surface area contributed by atoms with Crippen LogP contribution in [0, 0.1) is 23.3 Å². The monoisotopic (exact) mass is 384 g/mol. The van der Waals surface area contributed by atoms with Crippen molar-refractivity contribution in [3.05, 3.63) is 66.4 Å². The van der Waals surface area contributed by atoms with Crippen LogP contribution in [0.15, 0.2) is 60.7 Å². The van der Waals surface area contributed by atoms with Crippen LogP contribution >= 0.6 is 0 Å². The second kappa shape index (κ2) is 7.10. The molecular formula is C23H20N4O2. The fourth-order valence-electron chi connectivity index (χ4n) is 4.25. The van der Waals surface area contributed by atoms with E-state index in [1.807, 2.05) is 59.5 Å². The van der Waals surface area contributed by atoms with E-state index in [0.29, 0.717) is 42.1 Å². The van der Waals surface area contributed by atoms with Gasteiger partial charge < -0.3 is 9.64 Å². The van der Waals surface area contributed by atoms with E-state index in [9.17, 15) is 4.79 Å². The van der Waals surface area contributed by atoms with E-state index in [1.165, 1.54) is 0 Å². The third-order valence-electron chi connectivity index (χ3n) is 5.83. The van der Waals surface area contributed by atoms with Crippen LogP contribution in [0.3, 0.4) is 0 Å². The number of H-pyrrole nitrogens is 1. The largest absolute Gasteiger partial charge is 0.457 e. The summed E-state index contributed by atoms with van der Waals surface area (Å²) in [6.45, 7) is 0.687. The van der Waals surface area contributed by atoms with Crippen LogP contribution in [-0.2, 0) is 0 Å². The maximum absolute atomic E-state index is 12.8. The molecule has 0 bridgehead atoms. The first kappa shape index (κ1) is 17.5. The number of carbonyl (C=O) groups excluding carboxylic acids is 1. The molecule has 0 amide bonds. The number of Topliss-reactive ketones (excluding diaryl/α,β-unsaturated/α-hetero) is 1. The molecule has 1 aliphatic carbocycles. The van der Waals surface area contributed by atoms with E-state index < -0.39 is 0 Å². The van der Waals surface area contributed by atoms with Crippen molar-refractivity contribution in [3.63, 3.8) is 0 Å². The molecule has 1 saturated heterocycles. The quantitative estimate of drug-likeness (QED) is 0.508. The number of carbonyl (C=O) groups is 1. The summed E-state index contributed by atoms with van der Waals surface area (Å²) in [7, 11) is 0. The van der Waals surface area contributed by atoms with Crippen molar-refractivity contribution in [3.8, 4) is 28.9 Å². The van der Waals surface area contributed by atoms with Crippen LogP contribution in [0.1, 0.15) is 23.3 Å². The number of ketones is 1. The zero-order valence-corrected chi connectivity index (χ0v) is 15.8. The number of aromatic amines is 1. The molecule has 3 atom stereocenters. The number of fused-ring (bicyclic) bond motifs is 1. The number of nitrogens with zero attached hydrogens (tertiary/aromatic N) is 3. The number of nitrogens with one attached hydrogen (secondary N) is 1. The number of benzene rings is 2. The van der Waals surface area contributed by atoms with Gasteiger partial charge in [0.1, 0.15) is 17.2 Å². The molecule has 0 unspecified atom stereocenters.